The highest BCUT2D eigenvalue weighted by molar-refractivity contribution is 9.10. The number of anilines is 1. The number of amides is 1. The van der Waals surface area contributed by atoms with Gasteiger partial charge in [-0.1, -0.05) is 35.9 Å². The van der Waals surface area contributed by atoms with Gasteiger partial charge in [0.05, 0.1) is 11.1 Å². The van der Waals surface area contributed by atoms with E-state index < -0.39 is 5.91 Å². The second-order valence-electron chi connectivity index (χ2n) is 7.55. The SMILES string of the molecule is CCOc1cc(/C=C(\C#N)C(=O)Nc2cccc(C)c2C)cc(Br)c1OCc1cccc(Cl)c1. The molecule has 0 aliphatic rings. The number of aryl methyl sites for hydroxylation is 1. The largest absolute Gasteiger partial charge is 0.490 e. The van der Waals surface area contributed by atoms with Gasteiger partial charge in [-0.25, -0.2) is 0 Å². The standard InChI is InChI=1S/C27H24BrClN2O3/c1-4-33-25-14-20(13-23(28)26(25)34-16-19-8-6-9-22(29)12-19)11-21(15-30)27(32)31-24-10-5-7-17(2)18(24)3/h5-14H,4,16H2,1-3H3,(H,31,32)/b21-11+. The molecule has 0 atom stereocenters. The average molecular weight is 540 g/mol. The lowest BCUT2D eigenvalue weighted by molar-refractivity contribution is -0.112. The van der Waals surface area contributed by atoms with Crippen LogP contribution in [0.5, 0.6) is 11.5 Å². The third-order valence-electron chi connectivity index (χ3n) is 5.13. The summed E-state index contributed by atoms with van der Waals surface area (Å²) in [5.41, 5.74) is 4.20. The summed E-state index contributed by atoms with van der Waals surface area (Å²) < 4.78 is 12.4. The van der Waals surface area contributed by atoms with E-state index in [2.05, 4.69) is 21.2 Å². The van der Waals surface area contributed by atoms with Crippen LogP contribution < -0.4 is 14.8 Å². The molecule has 5 nitrogen and oxygen atoms in total. The number of carbonyl (C=O) groups is 1. The van der Waals surface area contributed by atoms with Crippen molar-refractivity contribution in [1.82, 2.24) is 0 Å². The molecule has 3 aromatic rings. The molecule has 3 rings (SSSR count). The minimum Gasteiger partial charge on any atom is -0.490 e. The van der Waals surface area contributed by atoms with Crippen molar-refractivity contribution in [2.45, 2.75) is 27.4 Å². The molecule has 34 heavy (non-hydrogen) atoms. The summed E-state index contributed by atoms with van der Waals surface area (Å²) in [6, 6.07) is 18.6. The first-order valence-corrected chi connectivity index (χ1v) is 11.8. The van der Waals surface area contributed by atoms with E-state index in [4.69, 9.17) is 21.1 Å². The Bertz CT molecular complexity index is 1280. The molecule has 174 valence electrons. The molecule has 3 aromatic carbocycles. The summed E-state index contributed by atoms with van der Waals surface area (Å²) in [6.07, 6.45) is 1.52. The van der Waals surface area contributed by atoms with Crippen molar-refractivity contribution in [3.63, 3.8) is 0 Å². The molecule has 0 heterocycles. The van der Waals surface area contributed by atoms with E-state index in [9.17, 15) is 10.1 Å². The van der Waals surface area contributed by atoms with Gasteiger partial charge in [0.2, 0.25) is 0 Å². The Labute approximate surface area is 213 Å². The lowest BCUT2D eigenvalue weighted by Crippen LogP contribution is -2.14. The molecule has 0 bridgehead atoms. The Morgan fingerprint density at radius 2 is 1.91 bits per heavy atom. The van der Waals surface area contributed by atoms with Crippen LogP contribution in [0.4, 0.5) is 5.69 Å². The maximum Gasteiger partial charge on any atom is 0.266 e. The van der Waals surface area contributed by atoms with Gasteiger partial charge in [-0.3, -0.25) is 4.79 Å². The number of hydrogen-bond acceptors (Lipinski definition) is 4. The number of nitriles is 1. The van der Waals surface area contributed by atoms with E-state index in [0.29, 0.717) is 45.5 Å². The zero-order chi connectivity index (χ0) is 24.7. The summed E-state index contributed by atoms with van der Waals surface area (Å²) in [6.45, 7) is 6.49. The van der Waals surface area contributed by atoms with Gasteiger partial charge in [0, 0.05) is 10.7 Å². The van der Waals surface area contributed by atoms with Crippen molar-refractivity contribution in [3.8, 4) is 17.6 Å². The number of nitrogens with zero attached hydrogens (tertiary/aromatic N) is 1. The lowest BCUT2D eigenvalue weighted by Gasteiger charge is -2.15. The number of rotatable bonds is 8. The maximum atomic E-state index is 12.8. The summed E-state index contributed by atoms with van der Waals surface area (Å²) >= 11 is 9.59. The molecule has 0 saturated heterocycles. The fourth-order valence-corrected chi connectivity index (χ4v) is 4.04. The predicted octanol–water partition coefficient (Wildman–Crippen LogP) is 7.24. The highest BCUT2D eigenvalue weighted by Crippen LogP contribution is 2.38. The van der Waals surface area contributed by atoms with Crippen LogP contribution in [0.15, 0.2) is 64.6 Å². The molecule has 0 aromatic heterocycles. The highest BCUT2D eigenvalue weighted by Gasteiger charge is 2.15. The van der Waals surface area contributed by atoms with Crippen LogP contribution in [0.2, 0.25) is 5.02 Å². The summed E-state index contributed by atoms with van der Waals surface area (Å²) in [5, 5.41) is 13.1. The normalized spacial score (nSPS) is 11.0. The molecule has 0 unspecified atom stereocenters. The molecule has 0 saturated carbocycles. The van der Waals surface area contributed by atoms with E-state index in [1.54, 1.807) is 18.2 Å². The van der Waals surface area contributed by atoms with E-state index in [1.807, 2.05) is 63.2 Å². The first-order chi connectivity index (χ1) is 16.3. The minimum absolute atomic E-state index is 0.0251. The van der Waals surface area contributed by atoms with Gasteiger partial charge in [-0.05, 0) is 95.4 Å². The first-order valence-electron chi connectivity index (χ1n) is 10.6. The number of nitrogens with one attached hydrogen (secondary N) is 1. The molecule has 0 radical (unpaired) electrons. The molecule has 0 fully saturated rings. The summed E-state index contributed by atoms with van der Waals surface area (Å²) in [7, 11) is 0. The van der Waals surface area contributed by atoms with Gasteiger partial charge >= 0.3 is 0 Å². The molecule has 1 amide bonds. The smallest absolute Gasteiger partial charge is 0.266 e. The molecule has 1 N–H and O–H groups in total. The fourth-order valence-electron chi connectivity index (χ4n) is 3.25. The van der Waals surface area contributed by atoms with Gasteiger partial charge in [0.1, 0.15) is 18.2 Å². The summed E-state index contributed by atoms with van der Waals surface area (Å²) in [5.74, 6) is 0.543. The Kier molecular flexibility index (Phi) is 8.75. The van der Waals surface area contributed by atoms with Gasteiger partial charge < -0.3 is 14.8 Å². The zero-order valence-electron chi connectivity index (χ0n) is 19.1. The van der Waals surface area contributed by atoms with Crippen molar-refractivity contribution in [2.75, 3.05) is 11.9 Å². The first kappa shape index (κ1) is 25.4. The number of halogens is 2. The Morgan fingerprint density at radius 1 is 1.15 bits per heavy atom. The van der Waals surface area contributed by atoms with Gasteiger partial charge in [-0.15, -0.1) is 0 Å². The molecular formula is C27H24BrClN2O3. The van der Waals surface area contributed by atoms with Crippen molar-refractivity contribution in [1.29, 1.82) is 5.26 Å². The number of hydrogen-bond donors (Lipinski definition) is 1. The molecule has 7 heteroatoms. The quantitative estimate of drug-likeness (QED) is 0.242. The lowest BCUT2D eigenvalue weighted by atomic mass is 10.1. The average Bonchev–Trinajstić information content (AvgIpc) is 2.80. The van der Waals surface area contributed by atoms with Crippen LogP contribution in [0.3, 0.4) is 0 Å². The van der Waals surface area contributed by atoms with E-state index in [1.165, 1.54) is 6.08 Å². The van der Waals surface area contributed by atoms with E-state index in [-0.39, 0.29) is 5.57 Å². The van der Waals surface area contributed by atoms with Gasteiger partial charge in [0.15, 0.2) is 11.5 Å². The fraction of sp³-hybridized carbons (Fsp3) is 0.185. The predicted molar refractivity (Wildman–Crippen MR) is 139 cm³/mol. The number of ether oxygens (including phenoxy) is 2. The Morgan fingerprint density at radius 3 is 2.62 bits per heavy atom. The maximum absolute atomic E-state index is 12.8. The van der Waals surface area contributed by atoms with E-state index in [0.717, 1.165) is 16.7 Å². The van der Waals surface area contributed by atoms with Crippen LogP contribution in [0, 0.1) is 25.2 Å². The topological polar surface area (TPSA) is 71.3 Å². The molecule has 0 aliphatic carbocycles. The van der Waals surface area contributed by atoms with Crippen LogP contribution in [-0.4, -0.2) is 12.5 Å². The van der Waals surface area contributed by atoms with Gasteiger partial charge in [-0.2, -0.15) is 5.26 Å². The third kappa shape index (κ3) is 6.40. The zero-order valence-corrected chi connectivity index (χ0v) is 21.5. The van der Waals surface area contributed by atoms with Crippen LogP contribution in [0.25, 0.3) is 6.08 Å². The number of benzene rings is 3. The Hall–Kier alpha value is -3.27. The van der Waals surface area contributed by atoms with Crippen molar-refractivity contribution in [3.05, 3.63) is 91.9 Å². The molecule has 0 spiro atoms. The van der Waals surface area contributed by atoms with Crippen molar-refractivity contribution in [2.24, 2.45) is 0 Å². The third-order valence-corrected chi connectivity index (χ3v) is 5.96. The second kappa shape index (κ2) is 11.7. The Balaban J connectivity index is 1.86. The van der Waals surface area contributed by atoms with Crippen LogP contribution in [-0.2, 0) is 11.4 Å². The number of carbonyl (C=O) groups excluding carboxylic acids is 1. The van der Waals surface area contributed by atoms with E-state index >= 15 is 0 Å². The van der Waals surface area contributed by atoms with Gasteiger partial charge in [0.25, 0.3) is 5.91 Å². The van der Waals surface area contributed by atoms with Crippen LogP contribution >= 0.6 is 27.5 Å². The van der Waals surface area contributed by atoms with Crippen molar-refractivity contribution < 1.29 is 14.3 Å². The van der Waals surface area contributed by atoms with Crippen molar-refractivity contribution >= 4 is 45.2 Å². The molecular weight excluding hydrogens is 516 g/mol. The second-order valence-corrected chi connectivity index (χ2v) is 8.84. The van der Waals surface area contributed by atoms with Crippen LogP contribution in [0.1, 0.15) is 29.2 Å². The molecule has 0 aliphatic heterocycles. The summed E-state index contributed by atoms with van der Waals surface area (Å²) in [4.78, 5) is 12.8. The monoisotopic (exact) mass is 538 g/mol. The minimum atomic E-state index is -0.480. The highest BCUT2D eigenvalue weighted by atomic mass is 79.9.